The van der Waals surface area contributed by atoms with Gasteiger partial charge in [-0.2, -0.15) is 0 Å². The van der Waals surface area contributed by atoms with Crippen LogP contribution in [0.4, 0.5) is 17.1 Å². The standard InChI is InChI=1S/C26H24N4O5/c1-15-18-9-4-5-10-19(18)24-20(27)11-7-13-22(24)29(25(15)32)26(33)16(2)28-23(31)14-17-8-3-6-12-21(17)30(34)35/h3-13,15-16H,14,27H2,1-2H3,(H,28,31)/t15?,16-/m0/s1. The van der Waals surface area contributed by atoms with E-state index in [2.05, 4.69) is 5.32 Å². The van der Waals surface area contributed by atoms with Gasteiger partial charge in [0.1, 0.15) is 6.04 Å². The van der Waals surface area contributed by atoms with E-state index in [-0.39, 0.29) is 17.7 Å². The lowest BCUT2D eigenvalue weighted by Gasteiger charge is -2.26. The molecule has 0 aromatic heterocycles. The van der Waals surface area contributed by atoms with Gasteiger partial charge in [0.05, 0.1) is 22.9 Å². The monoisotopic (exact) mass is 472 g/mol. The minimum absolute atomic E-state index is 0.180. The molecule has 4 rings (SSSR count). The van der Waals surface area contributed by atoms with E-state index in [1.807, 2.05) is 24.3 Å². The number of nitrogens with one attached hydrogen (secondary N) is 1. The van der Waals surface area contributed by atoms with Crippen molar-refractivity contribution >= 4 is 34.8 Å². The van der Waals surface area contributed by atoms with Crippen LogP contribution in [0.25, 0.3) is 11.1 Å². The maximum atomic E-state index is 13.5. The molecule has 0 fully saturated rings. The van der Waals surface area contributed by atoms with E-state index in [4.69, 9.17) is 5.73 Å². The molecule has 0 bridgehead atoms. The van der Waals surface area contributed by atoms with Gasteiger partial charge in [0.15, 0.2) is 0 Å². The zero-order chi connectivity index (χ0) is 25.3. The Hall–Kier alpha value is -4.53. The van der Waals surface area contributed by atoms with E-state index in [0.717, 1.165) is 16.0 Å². The van der Waals surface area contributed by atoms with E-state index in [1.165, 1.54) is 25.1 Å². The van der Waals surface area contributed by atoms with Crippen LogP contribution in [0.15, 0.2) is 66.7 Å². The van der Waals surface area contributed by atoms with E-state index >= 15 is 0 Å². The van der Waals surface area contributed by atoms with E-state index in [9.17, 15) is 24.5 Å². The van der Waals surface area contributed by atoms with Crippen LogP contribution >= 0.6 is 0 Å². The molecule has 1 heterocycles. The van der Waals surface area contributed by atoms with Crippen molar-refractivity contribution in [1.29, 1.82) is 0 Å². The molecule has 1 aliphatic heterocycles. The Kier molecular flexibility index (Phi) is 6.33. The van der Waals surface area contributed by atoms with Gasteiger partial charge >= 0.3 is 0 Å². The number of hydrogen-bond acceptors (Lipinski definition) is 6. The largest absolute Gasteiger partial charge is 0.398 e. The molecule has 0 saturated heterocycles. The molecule has 3 N–H and O–H groups in total. The van der Waals surface area contributed by atoms with Crippen molar-refractivity contribution in [3.05, 3.63) is 88.0 Å². The molecular weight excluding hydrogens is 448 g/mol. The first kappa shape index (κ1) is 23.6. The van der Waals surface area contributed by atoms with E-state index < -0.39 is 34.6 Å². The molecule has 9 heteroatoms. The van der Waals surface area contributed by atoms with Crippen LogP contribution in [-0.4, -0.2) is 28.7 Å². The van der Waals surface area contributed by atoms with Gasteiger partial charge in [-0.1, -0.05) is 48.5 Å². The quantitative estimate of drug-likeness (QED) is 0.331. The second-order valence-electron chi connectivity index (χ2n) is 8.41. The molecule has 3 amide bonds. The number of nitrogen functional groups attached to an aromatic ring is 1. The lowest BCUT2D eigenvalue weighted by Crippen LogP contribution is -2.50. The van der Waals surface area contributed by atoms with Crippen molar-refractivity contribution in [2.24, 2.45) is 0 Å². The Balaban J connectivity index is 1.64. The van der Waals surface area contributed by atoms with Crippen molar-refractivity contribution in [3.8, 4) is 11.1 Å². The van der Waals surface area contributed by atoms with Gasteiger partial charge in [-0.3, -0.25) is 24.5 Å². The average molecular weight is 473 g/mol. The first-order valence-corrected chi connectivity index (χ1v) is 11.1. The van der Waals surface area contributed by atoms with E-state index in [1.54, 1.807) is 31.2 Å². The number of nitrogens with two attached hydrogens (primary N) is 1. The SMILES string of the molecule is CC1C(=O)N(C(=O)[C@H](C)NC(=O)Cc2ccccc2[N+](=O)[O-])c2cccc(N)c2-c2ccccc21. The molecule has 0 radical (unpaired) electrons. The van der Waals surface area contributed by atoms with Crippen LogP contribution < -0.4 is 16.0 Å². The number of benzene rings is 3. The van der Waals surface area contributed by atoms with Gasteiger partial charge < -0.3 is 11.1 Å². The summed E-state index contributed by atoms with van der Waals surface area (Å²) in [6.07, 6.45) is -0.284. The minimum Gasteiger partial charge on any atom is -0.398 e. The third kappa shape index (κ3) is 4.35. The Morgan fingerprint density at radius 1 is 1.09 bits per heavy atom. The topological polar surface area (TPSA) is 136 Å². The summed E-state index contributed by atoms with van der Waals surface area (Å²) in [5, 5.41) is 13.8. The number of rotatable bonds is 5. The molecule has 178 valence electrons. The van der Waals surface area contributed by atoms with Gasteiger partial charge in [0, 0.05) is 22.9 Å². The fourth-order valence-electron chi connectivity index (χ4n) is 4.37. The van der Waals surface area contributed by atoms with Crippen LogP contribution in [0.5, 0.6) is 0 Å². The van der Waals surface area contributed by atoms with Crippen molar-refractivity contribution in [2.75, 3.05) is 10.6 Å². The number of nitro groups is 1. The molecule has 1 unspecified atom stereocenters. The second-order valence-corrected chi connectivity index (χ2v) is 8.41. The Bertz CT molecular complexity index is 1350. The van der Waals surface area contributed by atoms with Crippen molar-refractivity contribution in [2.45, 2.75) is 32.2 Å². The number of carbonyl (C=O) groups excluding carboxylic acids is 3. The molecule has 0 spiro atoms. The van der Waals surface area contributed by atoms with E-state index in [0.29, 0.717) is 16.9 Å². The Labute approximate surface area is 201 Å². The summed E-state index contributed by atoms with van der Waals surface area (Å²) in [5.74, 6) is -2.27. The van der Waals surface area contributed by atoms with Gasteiger partial charge in [-0.15, -0.1) is 0 Å². The minimum atomic E-state index is -1.07. The van der Waals surface area contributed by atoms with Crippen LogP contribution in [0.3, 0.4) is 0 Å². The molecule has 1 aliphatic rings. The normalized spacial score (nSPS) is 15.4. The summed E-state index contributed by atoms with van der Waals surface area (Å²) in [4.78, 5) is 51.5. The molecular formula is C26H24N4O5. The number of hydrogen-bond donors (Lipinski definition) is 2. The van der Waals surface area contributed by atoms with Crippen LogP contribution in [0.1, 0.15) is 30.9 Å². The molecule has 3 aromatic rings. The van der Waals surface area contributed by atoms with Crippen molar-refractivity contribution < 1.29 is 19.3 Å². The molecule has 0 saturated carbocycles. The number of anilines is 2. The Morgan fingerprint density at radius 2 is 1.77 bits per heavy atom. The number of nitro benzene ring substituents is 1. The highest BCUT2D eigenvalue weighted by molar-refractivity contribution is 6.22. The third-order valence-corrected chi connectivity index (χ3v) is 6.11. The zero-order valence-corrected chi connectivity index (χ0v) is 19.2. The van der Waals surface area contributed by atoms with Gasteiger partial charge in [0.2, 0.25) is 11.8 Å². The summed E-state index contributed by atoms with van der Waals surface area (Å²) < 4.78 is 0. The van der Waals surface area contributed by atoms with Gasteiger partial charge in [-0.25, -0.2) is 4.90 Å². The number of para-hydroxylation sites is 1. The first-order valence-electron chi connectivity index (χ1n) is 11.1. The fourth-order valence-corrected chi connectivity index (χ4v) is 4.37. The maximum Gasteiger partial charge on any atom is 0.273 e. The molecule has 0 aliphatic carbocycles. The first-order chi connectivity index (χ1) is 16.7. The van der Waals surface area contributed by atoms with Crippen LogP contribution in [0.2, 0.25) is 0 Å². The fraction of sp³-hybridized carbons (Fsp3) is 0.192. The molecule has 3 aromatic carbocycles. The third-order valence-electron chi connectivity index (χ3n) is 6.11. The number of amides is 3. The summed E-state index contributed by atoms with van der Waals surface area (Å²) in [6.45, 7) is 3.20. The highest BCUT2D eigenvalue weighted by atomic mass is 16.6. The summed E-state index contributed by atoms with van der Waals surface area (Å²) in [5.41, 5.74) is 9.19. The number of nitrogens with zero attached hydrogens (tertiary/aromatic N) is 2. The molecule has 9 nitrogen and oxygen atoms in total. The lowest BCUT2D eigenvalue weighted by atomic mass is 9.92. The van der Waals surface area contributed by atoms with Gasteiger partial charge in [-0.05, 0) is 37.1 Å². The van der Waals surface area contributed by atoms with Crippen molar-refractivity contribution in [3.63, 3.8) is 0 Å². The summed E-state index contributed by atoms with van der Waals surface area (Å²) in [6, 6.07) is 17.2. The highest BCUT2D eigenvalue weighted by Gasteiger charge is 2.37. The number of carbonyl (C=O) groups is 3. The lowest BCUT2D eigenvalue weighted by molar-refractivity contribution is -0.385. The predicted molar refractivity (Wildman–Crippen MR) is 132 cm³/mol. The van der Waals surface area contributed by atoms with Crippen LogP contribution in [-0.2, 0) is 20.8 Å². The predicted octanol–water partition coefficient (Wildman–Crippen LogP) is 3.57. The number of fused-ring (bicyclic) bond motifs is 3. The van der Waals surface area contributed by atoms with Crippen molar-refractivity contribution in [1.82, 2.24) is 5.32 Å². The second kappa shape index (κ2) is 9.38. The summed E-state index contributed by atoms with van der Waals surface area (Å²) >= 11 is 0. The molecule has 2 atom stereocenters. The highest BCUT2D eigenvalue weighted by Crippen LogP contribution is 2.44. The van der Waals surface area contributed by atoms with Gasteiger partial charge in [0.25, 0.3) is 11.6 Å². The summed E-state index contributed by atoms with van der Waals surface area (Å²) in [7, 11) is 0. The maximum absolute atomic E-state index is 13.5. The smallest absolute Gasteiger partial charge is 0.273 e. The average Bonchev–Trinajstić information content (AvgIpc) is 2.92. The zero-order valence-electron chi connectivity index (χ0n) is 19.2. The van der Waals surface area contributed by atoms with Crippen LogP contribution in [0, 0.1) is 10.1 Å². The Morgan fingerprint density at radius 3 is 2.51 bits per heavy atom. The number of imide groups is 1. The molecule has 35 heavy (non-hydrogen) atoms.